The summed E-state index contributed by atoms with van der Waals surface area (Å²) in [6.07, 6.45) is 6.38. The van der Waals surface area contributed by atoms with Gasteiger partial charge in [-0.3, -0.25) is 19.1 Å². The molecule has 0 unspecified atom stereocenters. The molecular weight excluding hydrogens is 464 g/mol. The van der Waals surface area contributed by atoms with Crippen molar-refractivity contribution in [1.82, 2.24) is 29.9 Å². The highest BCUT2D eigenvalue weighted by molar-refractivity contribution is 7.15. The van der Waals surface area contributed by atoms with Crippen LogP contribution in [-0.4, -0.2) is 49.5 Å². The predicted molar refractivity (Wildman–Crippen MR) is 134 cm³/mol. The standard InChI is InChI=1S/C24H28N8O2S/c1-14-4-5-19(35-14)18-11-26-21-17(31-8-6-24(3,7-9-31)23(25)34)10-16(12-32(18)21)22(33)29-15(2)20-27-13-28-30-20/h4-5,10-13,15H,6-9H2,1-3H3,(H2,25,34)(H,29,33)(H,27,28,30)/t15-/m0/s1. The van der Waals surface area contributed by atoms with E-state index in [1.807, 2.05) is 36.7 Å². The lowest BCUT2D eigenvalue weighted by Crippen LogP contribution is -2.45. The van der Waals surface area contributed by atoms with Crippen molar-refractivity contribution in [2.24, 2.45) is 11.1 Å². The van der Waals surface area contributed by atoms with E-state index in [1.165, 1.54) is 11.2 Å². The van der Waals surface area contributed by atoms with Crippen LogP contribution in [0.1, 0.15) is 53.8 Å². The van der Waals surface area contributed by atoms with Crippen molar-refractivity contribution in [3.05, 3.63) is 53.2 Å². The zero-order valence-corrected chi connectivity index (χ0v) is 20.7. The van der Waals surface area contributed by atoms with Crippen molar-refractivity contribution in [3.63, 3.8) is 0 Å². The summed E-state index contributed by atoms with van der Waals surface area (Å²) < 4.78 is 1.98. The van der Waals surface area contributed by atoms with E-state index in [0.29, 0.717) is 37.3 Å². The van der Waals surface area contributed by atoms with Crippen molar-refractivity contribution in [2.45, 2.75) is 39.7 Å². The van der Waals surface area contributed by atoms with Crippen LogP contribution >= 0.6 is 11.3 Å². The average Bonchev–Trinajstić information content (AvgIpc) is 3.59. The number of pyridine rings is 1. The molecule has 1 aliphatic rings. The monoisotopic (exact) mass is 492 g/mol. The first-order valence-corrected chi connectivity index (χ1v) is 12.4. The van der Waals surface area contributed by atoms with Crippen LogP contribution in [-0.2, 0) is 4.79 Å². The fourth-order valence-corrected chi connectivity index (χ4v) is 5.31. The predicted octanol–water partition coefficient (Wildman–Crippen LogP) is 3.07. The molecule has 0 radical (unpaired) electrons. The maximum Gasteiger partial charge on any atom is 0.253 e. The van der Waals surface area contributed by atoms with E-state index in [1.54, 1.807) is 11.3 Å². The number of fused-ring (bicyclic) bond motifs is 1. The van der Waals surface area contributed by atoms with E-state index in [2.05, 4.69) is 44.5 Å². The third kappa shape index (κ3) is 4.27. The van der Waals surface area contributed by atoms with Crippen molar-refractivity contribution in [1.29, 1.82) is 0 Å². The van der Waals surface area contributed by atoms with Crippen LogP contribution in [0.3, 0.4) is 0 Å². The minimum absolute atomic E-state index is 0.224. The number of rotatable bonds is 6. The van der Waals surface area contributed by atoms with Crippen LogP contribution in [0.4, 0.5) is 5.69 Å². The van der Waals surface area contributed by atoms with Gasteiger partial charge in [0.25, 0.3) is 5.91 Å². The molecule has 1 aliphatic heterocycles. The summed E-state index contributed by atoms with van der Waals surface area (Å²) in [7, 11) is 0. The molecule has 1 saturated heterocycles. The number of nitrogens with zero attached hydrogens (tertiary/aromatic N) is 5. The average molecular weight is 493 g/mol. The highest BCUT2D eigenvalue weighted by Gasteiger charge is 2.36. The van der Waals surface area contributed by atoms with Crippen LogP contribution in [0.2, 0.25) is 0 Å². The molecule has 4 aromatic rings. The number of hydrogen-bond acceptors (Lipinski definition) is 7. The van der Waals surface area contributed by atoms with E-state index in [9.17, 15) is 9.59 Å². The third-order valence-corrected chi connectivity index (χ3v) is 7.86. The molecule has 0 spiro atoms. The molecule has 35 heavy (non-hydrogen) atoms. The Morgan fingerprint density at radius 1 is 1.26 bits per heavy atom. The number of aromatic nitrogens is 5. The van der Waals surface area contributed by atoms with Crippen molar-refractivity contribution >= 4 is 34.5 Å². The largest absolute Gasteiger partial charge is 0.369 e. The Hall–Kier alpha value is -3.73. The van der Waals surface area contributed by atoms with Gasteiger partial charge >= 0.3 is 0 Å². The highest BCUT2D eigenvalue weighted by Crippen LogP contribution is 2.36. The molecule has 0 bridgehead atoms. The summed E-state index contributed by atoms with van der Waals surface area (Å²) in [4.78, 5) is 38.6. The van der Waals surface area contributed by atoms with E-state index in [4.69, 9.17) is 10.7 Å². The van der Waals surface area contributed by atoms with Crippen LogP contribution in [0.15, 0.2) is 36.9 Å². The zero-order valence-electron chi connectivity index (χ0n) is 19.9. The quantitative estimate of drug-likeness (QED) is 0.379. The molecule has 5 heterocycles. The lowest BCUT2D eigenvalue weighted by Gasteiger charge is -2.38. The minimum atomic E-state index is -0.524. The zero-order chi connectivity index (χ0) is 24.7. The fraction of sp³-hybridized carbons (Fsp3) is 0.375. The number of anilines is 1. The van der Waals surface area contributed by atoms with Crippen molar-refractivity contribution < 1.29 is 9.59 Å². The van der Waals surface area contributed by atoms with Crippen molar-refractivity contribution in [3.8, 4) is 10.6 Å². The lowest BCUT2D eigenvalue weighted by atomic mass is 9.79. The van der Waals surface area contributed by atoms with Gasteiger partial charge < -0.3 is 16.0 Å². The second-order valence-electron chi connectivity index (χ2n) is 9.34. The van der Waals surface area contributed by atoms with Crippen molar-refractivity contribution in [2.75, 3.05) is 18.0 Å². The first-order valence-electron chi connectivity index (χ1n) is 11.5. The molecule has 1 atom stereocenters. The SMILES string of the molecule is Cc1ccc(-c2cnc3c(N4CCC(C)(C(N)=O)CC4)cc(C(=O)N[C@@H](C)c4ncn[nH]4)cn23)s1. The van der Waals surface area contributed by atoms with Crippen LogP contribution in [0.25, 0.3) is 16.2 Å². The van der Waals surface area contributed by atoms with Gasteiger partial charge in [0.2, 0.25) is 5.91 Å². The Kier molecular flexibility index (Phi) is 5.79. The number of nitrogens with one attached hydrogen (secondary N) is 2. The molecule has 2 amide bonds. The number of nitrogens with two attached hydrogens (primary N) is 1. The molecule has 11 heteroatoms. The Balaban J connectivity index is 1.54. The van der Waals surface area contributed by atoms with Gasteiger partial charge in [-0.1, -0.05) is 6.92 Å². The number of carbonyl (C=O) groups excluding carboxylic acids is 2. The van der Waals surface area contributed by atoms with Gasteiger partial charge in [-0.2, -0.15) is 5.10 Å². The Bertz CT molecular complexity index is 1380. The van der Waals surface area contributed by atoms with Gasteiger partial charge in [0.05, 0.1) is 34.1 Å². The van der Waals surface area contributed by atoms with Gasteiger partial charge in [-0.25, -0.2) is 9.97 Å². The molecule has 4 aromatic heterocycles. The smallest absolute Gasteiger partial charge is 0.253 e. The number of amides is 2. The number of imidazole rings is 1. The lowest BCUT2D eigenvalue weighted by molar-refractivity contribution is -0.127. The van der Waals surface area contributed by atoms with Crippen LogP contribution in [0, 0.1) is 12.3 Å². The Labute approximate surface area is 206 Å². The molecule has 1 fully saturated rings. The topological polar surface area (TPSA) is 134 Å². The molecule has 182 valence electrons. The third-order valence-electron chi connectivity index (χ3n) is 6.84. The number of H-pyrrole nitrogens is 1. The van der Waals surface area contributed by atoms with E-state index >= 15 is 0 Å². The first kappa shape index (κ1) is 23.0. The number of aryl methyl sites for hydroxylation is 1. The molecule has 4 N–H and O–H groups in total. The van der Waals surface area contributed by atoms with Crippen LogP contribution in [0.5, 0.6) is 0 Å². The summed E-state index contributed by atoms with van der Waals surface area (Å²) in [6.45, 7) is 7.13. The number of primary amides is 1. The van der Waals surface area contributed by atoms with E-state index in [0.717, 1.165) is 21.9 Å². The molecule has 5 rings (SSSR count). The second-order valence-corrected chi connectivity index (χ2v) is 10.6. The van der Waals surface area contributed by atoms with E-state index < -0.39 is 5.41 Å². The minimum Gasteiger partial charge on any atom is -0.369 e. The number of aromatic amines is 1. The van der Waals surface area contributed by atoms with Gasteiger partial charge in [0.1, 0.15) is 12.2 Å². The summed E-state index contributed by atoms with van der Waals surface area (Å²) >= 11 is 1.68. The maximum absolute atomic E-state index is 13.3. The summed E-state index contributed by atoms with van der Waals surface area (Å²) in [5.41, 5.74) is 8.20. The van der Waals surface area contributed by atoms with Gasteiger partial charge in [-0.15, -0.1) is 11.3 Å². The molecule has 0 saturated carbocycles. The van der Waals surface area contributed by atoms with Gasteiger partial charge in [0.15, 0.2) is 5.65 Å². The second kappa shape index (κ2) is 8.81. The van der Waals surface area contributed by atoms with E-state index in [-0.39, 0.29) is 17.9 Å². The molecule has 10 nitrogen and oxygen atoms in total. The highest BCUT2D eigenvalue weighted by atomic mass is 32.1. The summed E-state index contributed by atoms with van der Waals surface area (Å²) in [5, 5.41) is 9.66. The summed E-state index contributed by atoms with van der Waals surface area (Å²) in [5.74, 6) is 0.0878. The number of hydrogen-bond donors (Lipinski definition) is 3. The normalized spacial score (nSPS) is 16.4. The molecule has 0 aromatic carbocycles. The number of thiophene rings is 1. The number of carbonyl (C=O) groups is 2. The Morgan fingerprint density at radius 2 is 2.03 bits per heavy atom. The van der Waals surface area contributed by atoms with Gasteiger partial charge in [0, 0.05) is 29.6 Å². The molecule has 0 aliphatic carbocycles. The van der Waals surface area contributed by atoms with Gasteiger partial charge in [-0.05, 0) is 44.9 Å². The molecular formula is C24H28N8O2S. The first-order chi connectivity index (χ1) is 16.7. The summed E-state index contributed by atoms with van der Waals surface area (Å²) in [6, 6.07) is 5.69. The Morgan fingerprint density at radius 3 is 2.66 bits per heavy atom. The van der Waals surface area contributed by atoms with Crippen LogP contribution < -0.4 is 16.0 Å². The maximum atomic E-state index is 13.3. The fourth-order valence-electron chi connectivity index (χ4n) is 4.44. The number of piperidine rings is 1.